The van der Waals surface area contributed by atoms with Gasteiger partial charge in [-0.15, -0.1) is 0 Å². The van der Waals surface area contributed by atoms with Gasteiger partial charge in [0.25, 0.3) is 0 Å². The van der Waals surface area contributed by atoms with Crippen molar-refractivity contribution in [3.05, 3.63) is 17.1 Å². The Kier molecular flexibility index (Phi) is 5.77. The van der Waals surface area contributed by atoms with Crippen LogP contribution in [-0.2, 0) is 17.6 Å². The van der Waals surface area contributed by atoms with Gasteiger partial charge in [0.2, 0.25) is 0 Å². The summed E-state index contributed by atoms with van der Waals surface area (Å²) < 4.78 is 5.83. The average Bonchev–Trinajstić information content (AvgIpc) is 2.92. The Labute approximate surface area is 122 Å². The van der Waals surface area contributed by atoms with E-state index in [9.17, 15) is 0 Å². The zero-order valence-electron chi connectivity index (χ0n) is 13.0. The van der Waals surface area contributed by atoms with E-state index in [1.165, 1.54) is 17.7 Å². The summed E-state index contributed by atoms with van der Waals surface area (Å²) in [6.45, 7) is 8.07. The van der Waals surface area contributed by atoms with Crippen molar-refractivity contribution < 1.29 is 4.74 Å². The molecule has 0 spiro atoms. The number of ether oxygens (including phenoxy) is 1. The number of aromatic nitrogens is 2. The Morgan fingerprint density at radius 2 is 2.00 bits per heavy atom. The highest BCUT2D eigenvalue weighted by Gasteiger charge is 2.22. The molecule has 0 saturated carbocycles. The number of aryl methyl sites for hydroxylation is 1. The fraction of sp³-hybridized carbons (Fsp3) is 0.750. The van der Waals surface area contributed by atoms with Gasteiger partial charge in [-0.2, -0.15) is 0 Å². The van der Waals surface area contributed by atoms with Gasteiger partial charge in [-0.25, -0.2) is 9.97 Å². The third-order valence-electron chi connectivity index (χ3n) is 3.70. The van der Waals surface area contributed by atoms with Crippen LogP contribution in [0.5, 0.6) is 0 Å². The van der Waals surface area contributed by atoms with Crippen LogP contribution >= 0.6 is 0 Å². The molecule has 0 radical (unpaired) electrons. The highest BCUT2D eigenvalue weighted by molar-refractivity contribution is 5.49. The van der Waals surface area contributed by atoms with Crippen LogP contribution in [-0.4, -0.2) is 23.1 Å². The van der Waals surface area contributed by atoms with E-state index in [2.05, 4.69) is 19.2 Å². The summed E-state index contributed by atoms with van der Waals surface area (Å²) in [5.41, 5.74) is 2.56. The van der Waals surface area contributed by atoms with Crippen LogP contribution in [0.4, 0.5) is 5.82 Å². The first-order valence-corrected chi connectivity index (χ1v) is 8.05. The molecule has 0 bridgehead atoms. The normalized spacial score (nSPS) is 15.2. The number of anilines is 1. The van der Waals surface area contributed by atoms with E-state index < -0.39 is 0 Å². The number of hydrogen-bond donors (Lipinski definition) is 1. The topological polar surface area (TPSA) is 47.0 Å². The molecule has 4 nitrogen and oxygen atoms in total. The second-order valence-electron chi connectivity index (χ2n) is 5.37. The molecular formula is C16H27N3O. The Bertz CT molecular complexity index is 428. The molecule has 20 heavy (non-hydrogen) atoms. The molecule has 0 saturated heterocycles. The zero-order valence-corrected chi connectivity index (χ0v) is 13.0. The molecule has 1 unspecified atom stereocenters. The van der Waals surface area contributed by atoms with E-state index >= 15 is 0 Å². The first-order chi connectivity index (χ1) is 9.80. The Hall–Kier alpha value is -1.16. The Balaban J connectivity index is 2.28. The quantitative estimate of drug-likeness (QED) is 0.787. The monoisotopic (exact) mass is 277 g/mol. The maximum absolute atomic E-state index is 5.83. The van der Waals surface area contributed by atoms with E-state index in [0.29, 0.717) is 6.61 Å². The summed E-state index contributed by atoms with van der Waals surface area (Å²) in [4.78, 5) is 9.56. The molecule has 1 N–H and O–H groups in total. The number of rotatable bonds is 8. The van der Waals surface area contributed by atoms with Gasteiger partial charge in [-0.3, -0.25) is 0 Å². The molecule has 1 aromatic rings. The summed E-state index contributed by atoms with van der Waals surface area (Å²) in [6, 6.07) is 0. The number of hydrogen-bond acceptors (Lipinski definition) is 4. The zero-order chi connectivity index (χ0) is 14.4. The van der Waals surface area contributed by atoms with Gasteiger partial charge in [0.1, 0.15) is 11.9 Å². The van der Waals surface area contributed by atoms with Crippen molar-refractivity contribution in [2.45, 2.75) is 65.4 Å². The minimum atomic E-state index is 0.0399. The molecule has 1 aromatic heterocycles. The van der Waals surface area contributed by atoms with Gasteiger partial charge < -0.3 is 10.1 Å². The SMILES string of the molecule is CCCNc1nc(C(CCC)OCC)nc2c1CCC2. The molecule has 0 aromatic carbocycles. The maximum atomic E-state index is 5.83. The lowest BCUT2D eigenvalue weighted by atomic mass is 10.1. The molecule has 1 heterocycles. The van der Waals surface area contributed by atoms with Crippen LogP contribution in [0.15, 0.2) is 0 Å². The molecule has 1 atom stereocenters. The third kappa shape index (κ3) is 3.48. The third-order valence-corrected chi connectivity index (χ3v) is 3.70. The largest absolute Gasteiger partial charge is 0.371 e. The van der Waals surface area contributed by atoms with E-state index in [4.69, 9.17) is 14.7 Å². The predicted molar refractivity (Wildman–Crippen MR) is 82.1 cm³/mol. The molecule has 4 heteroatoms. The molecular weight excluding hydrogens is 250 g/mol. The second kappa shape index (κ2) is 7.58. The highest BCUT2D eigenvalue weighted by atomic mass is 16.5. The van der Waals surface area contributed by atoms with Crippen LogP contribution in [0.1, 0.15) is 69.6 Å². The van der Waals surface area contributed by atoms with Crippen molar-refractivity contribution in [1.29, 1.82) is 0 Å². The van der Waals surface area contributed by atoms with E-state index in [1.807, 2.05) is 6.92 Å². The molecule has 1 aliphatic rings. The van der Waals surface area contributed by atoms with Crippen molar-refractivity contribution in [2.75, 3.05) is 18.5 Å². The number of fused-ring (bicyclic) bond motifs is 1. The van der Waals surface area contributed by atoms with Crippen molar-refractivity contribution in [3.8, 4) is 0 Å². The van der Waals surface area contributed by atoms with Crippen LogP contribution < -0.4 is 5.32 Å². The first kappa shape index (κ1) is 15.2. The van der Waals surface area contributed by atoms with E-state index in [-0.39, 0.29) is 6.10 Å². The predicted octanol–water partition coefficient (Wildman–Crippen LogP) is 3.66. The maximum Gasteiger partial charge on any atom is 0.159 e. The lowest BCUT2D eigenvalue weighted by Gasteiger charge is -2.18. The minimum absolute atomic E-state index is 0.0399. The van der Waals surface area contributed by atoms with Crippen molar-refractivity contribution in [2.24, 2.45) is 0 Å². The van der Waals surface area contributed by atoms with Gasteiger partial charge in [-0.1, -0.05) is 20.3 Å². The Morgan fingerprint density at radius 1 is 1.15 bits per heavy atom. The van der Waals surface area contributed by atoms with Gasteiger partial charge in [-0.05, 0) is 39.0 Å². The molecule has 0 aliphatic heterocycles. The Morgan fingerprint density at radius 3 is 2.70 bits per heavy atom. The van der Waals surface area contributed by atoms with E-state index in [1.54, 1.807) is 0 Å². The molecule has 0 amide bonds. The fourth-order valence-corrected chi connectivity index (χ4v) is 2.74. The lowest BCUT2D eigenvalue weighted by Crippen LogP contribution is -2.14. The van der Waals surface area contributed by atoms with Crippen molar-refractivity contribution in [1.82, 2.24) is 9.97 Å². The summed E-state index contributed by atoms with van der Waals surface area (Å²) in [5.74, 6) is 1.91. The van der Waals surface area contributed by atoms with E-state index in [0.717, 1.165) is 50.3 Å². The fourth-order valence-electron chi connectivity index (χ4n) is 2.74. The standard InChI is InChI=1S/C16H27N3O/c1-4-8-14(20-6-3)16-18-13-10-7-9-12(13)15(19-16)17-11-5-2/h14H,4-11H2,1-3H3,(H,17,18,19). The average molecular weight is 277 g/mol. The van der Waals surface area contributed by atoms with Crippen LogP contribution in [0.3, 0.4) is 0 Å². The molecule has 1 aliphatic carbocycles. The lowest BCUT2D eigenvalue weighted by molar-refractivity contribution is 0.0493. The van der Waals surface area contributed by atoms with Crippen LogP contribution in [0.2, 0.25) is 0 Å². The van der Waals surface area contributed by atoms with Crippen LogP contribution in [0.25, 0.3) is 0 Å². The van der Waals surface area contributed by atoms with Crippen molar-refractivity contribution in [3.63, 3.8) is 0 Å². The van der Waals surface area contributed by atoms with Gasteiger partial charge >= 0.3 is 0 Å². The molecule has 112 valence electrons. The summed E-state index contributed by atoms with van der Waals surface area (Å²) in [7, 11) is 0. The smallest absolute Gasteiger partial charge is 0.159 e. The minimum Gasteiger partial charge on any atom is -0.371 e. The summed E-state index contributed by atoms with van der Waals surface area (Å²) >= 11 is 0. The van der Waals surface area contributed by atoms with Crippen molar-refractivity contribution >= 4 is 5.82 Å². The number of nitrogens with zero attached hydrogens (tertiary/aromatic N) is 2. The molecule has 2 rings (SSSR count). The number of nitrogens with one attached hydrogen (secondary N) is 1. The summed E-state index contributed by atoms with van der Waals surface area (Å²) in [5, 5.41) is 3.47. The highest BCUT2D eigenvalue weighted by Crippen LogP contribution is 2.29. The van der Waals surface area contributed by atoms with Gasteiger partial charge in [0.15, 0.2) is 5.82 Å². The van der Waals surface area contributed by atoms with Gasteiger partial charge in [0, 0.05) is 24.4 Å². The summed E-state index contributed by atoms with van der Waals surface area (Å²) in [6.07, 6.45) is 6.60. The molecule has 0 fully saturated rings. The van der Waals surface area contributed by atoms with Gasteiger partial charge in [0.05, 0.1) is 0 Å². The van der Waals surface area contributed by atoms with Crippen LogP contribution in [0, 0.1) is 0 Å². The second-order valence-corrected chi connectivity index (χ2v) is 5.37. The first-order valence-electron chi connectivity index (χ1n) is 8.05.